The maximum atomic E-state index is 16.2. The molecule has 13 atom stereocenters. The van der Waals surface area contributed by atoms with Gasteiger partial charge in [-0.3, -0.25) is 28.0 Å². The zero-order valence-electron chi connectivity index (χ0n) is 75.4. The third-order valence-corrected chi connectivity index (χ3v) is 24.6. The molecule has 0 radical (unpaired) electrons. The fourth-order valence-electron chi connectivity index (χ4n) is 16.0. The molecule has 0 spiro atoms. The number of rotatable bonds is 68. The van der Waals surface area contributed by atoms with Crippen LogP contribution in [0.1, 0.15) is 265 Å². The van der Waals surface area contributed by atoms with Gasteiger partial charge in [0.15, 0.2) is 12.6 Å². The first kappa shape index (κ1) is 102. The predicted molar refractivity (Wildman–Crippen MR) is 492 cm³/mol. The summed E-state index contributed by atoms with van der Waals surface area (Å²) in [6.45, 7) is 4.91. The van der Waals surface area contributed by atoms with Gasteiger partial charge in [0.2, 0.25) is 11.8 Å². The van der Waals surface area contributed by atoms with Crippen LogP contribution in [0.15, 0.2) is 212 Å². The Hall–Kier alpha value is -7.38. The van der Waals surface area contributed by atoms with E-state index in [1.165, 1.54) is 89.9 Å². The summed E-state index contributed by atoms with van der Waals surface area (Å²) < 4.78 is 106. The fraction of sp³-hybridized carbons (Fsp3) is 0.567. The summed E-state index contributed by atoms with van der Waals surface area (Å²) in [5.74, 6) is -1.28. The molecular weight excluding hydrogens is 1610 g/mol. The number of aliphatic hydroxyl groups is 2. The number of ether oxygens (including phenoxy) is 10. The lowest BCUT2D eigenvalue weighted by Crippen LogP contribution is -2.68. The zero-order valence-corrected chi connectivity index (χ0v) is 76.3. The lowest BCUT2D eigenvalue weighted by molar-refractivity contribution is -0.316. The van der Waals surface area contributed by atoms with E-state index in [-0.39, 0.29) is 77.4 Å². The number of phosphoric acid groups is 1. The number of esters is 1. The zero-order chi connectivity index (χ0) is 88.5. The van der Waals surface area contributed by atoms with Crippen molar-refractivity contribution in [3.05, 3.63) is 251 Å². The van der Waals surface area contributed by atoms with Crippen LogP contribution in [-0.4, -0.2) is 134 Å². The van der Waals surface area contributed by atoms with Crippen LogP contribution < -0.4 is 10.6 Å². The van der Waals surface area contributed by atoms with Crippen molar-refractivity contribution in [2.75, 3.05) is 26.4 Å². The Morgan fingerprint density at radius 3 is 1.12 bits per heavy atom. The van der Waals surface area contributed by atoms with Crippen LogP contribution in [0.3, 0.4) is 0 Å². The number of hydrogen-bond donors (Lipinski definition) is 4. The van der Waals surface area contributed by atoms with Gasteiger partial charge in [-0.15, -0.1) is 0 Å². The summed E-state index contributed by atoms with van der Waals surface area (Å²) in [5, 5.41) is 28.3. The van der Waals surface area contributed by atoms with Crippen molar-refractivity contribution in [2.24, 2.45) is 0 Å². The lowest BCUT2D eigenvalue weighted by atomic mass is 9.94. The third kappa shape index (κ3) is 40.3. The van der Waals surface area contributed by atoms with Crippen LogP contribution in [0, 0.1) is 0 Å². The Morgan fingerprint density at radius 2 is 0.706 bits per heavy atom. The maximum Gasteiger partial charge on any atom is 0.475 e. The summed E-state index contributed by atoms with van der Waals surface area (Å²) in [5.41, 5.74) is 5.54. The number of hydrogen-bond acceptors (Lipinski definition) is 19. The van der Waals surface area contributed by atoms with Crippen molar-refractivity contribution in [1.82, 2.24) is 10.6 Å². The van der Waals surface area contributed by atoms with E-state index in [9.17, 15) is 15.0 Å². The molecule has 2 amide bonds. The monoisotopic (exact) mass is 1760 g/mol. The van der Waals surface area contributed by atoms with Crippen molar-refractivity contribution < 1.29 is 90.1 Å². The number of carbonyl (C=O) groups excluding carboxylic acids is 3. The van der Waals surface area contributed by atoms with Crippen molar-refractivity contribution in [3.63, 3.8) is 0 Å². The van der Waals surface area contributed by atoms with Crippen molar-refractivity contribution in [1.29, 1.82) is 0 Å². The first-order chi connectivity index (χ1) is 61.9. The SMILES string of the molecule is CCCCCCCCCCCC(=O)O[C@H](CCCCCCCCCCC)CC(=O)N[C@H]1[C@H](OC[C@H]2O[C@H](OCC(O)CO)[C@H](NC(=O)C[C@@H](CCCCCCCCCCC)OCc3ccccc3)[C@@H](OCc3ccccc3)[C@@H]2OCc2ccccc2)O[C@H](COCc2ccccc2)[C@@H](OP(=O)(OCc2ccccc2)OCc2ccccc2)[C@@H]1OCc1ccccc1. The summed E-state index contributed by atoms with van der Waals surface area (Å²) >= 11 is 0. The molecule has 2 heterocycles. The van der Waals surface area contributed by atoms with E-state index in [1.807, 2.05) is 212 Å². The van der Waals surface area contributed by atoms with Crippen LogP contribution in [-0.2, 0) is 126 Å². The topological polar surface area (TPSA) is 253 Å². The molecule has 7 aromatic rings. The second-order valence-electron chi connectivity index (χ2n) is 33.8. The molecule has 21 nitrogen and oxygen atoms in total. The molecule has 0 aliphatic carbocycles. The first-order valence-electron chi connectivity index (χ1n) is 47.4. The van der Waals surface area contributed by atoms with Gasteiger partial charge in [0.25, 0.3) is 0 Å². The molecule has 4 N–H and O–H groups in total. The van der Waals surface area contributed by atoms with Gasteiger partial charge >= 0.3 is 13.8 Å². The van der Waals surface area contributed by atoms with Gasteiger partial charge in [0, 0.05) is 6.42 Å². The molecule has 0 aromatic heterocycles. The third-order valence-electron chi connectivity index (χ3n) is 23.2. The summed E-state index contributed by atoms with van der Waals surface area (Å²) in [6.07, 6.45) is 17.3. The van der Waals surface area contributed by atoms with Crippen molar-refractivity contribution in [2.45, 2.75) is 352 Å². The van der Waals surface area contributed by atoms with Crippen molar-refractivity contribution in [3.8, 4) is 0 Å². The lowest BCUT2D eigenvalue weighted by Gasteiger charge is -2.48. The molecule has 0 saturated carbocycles. The van der Waals surface area contributed by atoms with E-state index < -0.39 is 113 Å². The second kappa shape index (κ2) is 62.0. The quantitative estimate of drug-likeness (QED) is 0.0157. The Bertz CT molecular complexity index is 3930. The first-order valence-corrected chi connectivity index (χ1v) is 48.8. The summed E-state index contributed by atoms with van der Waals surface area (Å²) in [6, 6.07) is 64.2. The standard InChI is InChI=1S/C104H147N2O19P/c1-4-7-10-13-16-19-22-25-49-66-90(114-73-83-54-37-29-38-55-83)69-94(109)105-97-101(116-75-85-58-41-31-42-59-85)99(115-74-84-56-39-30-40-57-84)93(124-103(97)118-79-89(108)71-107)81-119-104-98(106-95(110)70-91(67-50-26-23-20-17-14-11-8-5-2)122-96(111)68-51-27-24-21-18-15-12-9-6-3)102(117-76-86-60-43-32-44-61-86)100(92(123-104)80-113-72-82-52-35-28-36-53-82)125-126(112,120-77-87-62-45-33-46-63-87)121-78-88-64-47-34-48-65-88/h28-48,52-65,89-93,97-104,107-108H,4-27,49-51,66-81H2,1-3H3,(H,105,109)(H,106,110)/t89?,90-,91-,92-,93-,97-,98-,99-,100-,101-,102-,103+,104-/m1/s1. The number of phosphoric ester groups is 1. The highest BCUT2D eigenvalue weighted by molar-refractivity contribution is 7.48. The van der Waals surface area contributed by atoms with Gasteiger partial charge in [-0.25, -0.2) is 4.57 Å². The fourth-order valence-corrected chi connectivity index (χ4v) is 17.4. The molecule has 2 fully saturated rings. The van der Waals surface area contributed by atoms with Crippen LogP contribution in [0.25, 0.3) is 0 Å². The molecule has 9 rings (SSSR count). The number of nitrogens with one attached hydrogen (secondary N) is 2. The predicted octanol–water partition coefficient (Wildman–Crippen LogP) is 21.7. The van der Waals surface area contributed by atoms with Crippen LogP contribution in [0.2, 0.25) is 0 Å². The largest absolute Gasteiger partial charge is 0.475 e. The van der Waals surface area contributed by atoms with Crippen LogP contribution in [0.5, 0.6) is 0 Å². The van der Waals surface area contributed by atoms with E-state index in [1.54, 1.807) is 0 Å². The molecular formula is C104H147N2O19P. The molecule has 2 saturated heterocycles. The average Bonchev–Trinajstić information content (AvgIpc) is 0.780. The van der Waals surface area contributed by atoms with Crippen molar-refractivity contribution >= 4 is 25.6 Å². The van der Waals surface area contributed by atoms with Gasteiger partial charge in [-0.2, -0.15) is 0 Å². The molecule has 2 aliphatic rings. The number of aliphatic hydroxyl groups excluding tert-OH is 2. The Balaban J connectivity index is 1.12. The average molecular weight is 1760 g/mol. The minimum atomic E-state index is -4.80. The molecule has 22 heteroatoms. The summed E-state index contributed by atoms with van der Waals surface area (Å²) in [4.78, 5) is 45.5. The number of amides is 2. The smallest absolute Gasteiger partial charge is 0.462 e. The second-order valence-corrected chi connectivity index (χ2v) is 35.5. The maximum absolute atomic E-state index is 16.2. The van der Waals surface area contributed by atoms with E-state index in [0.717, 1.165) is 98.4 Å². The Kier molecular flexibility index (Phi) is 50.4. The minimum Gasteiger partial charge on any atom is -0.462 e. The van der Waals surface area contributed by atoms with E-state index in [2.05, 4.69) is 31.4 Å². The Morgan fingerprint density at radius 1 is 0.373 bits per heavy atom. The van der Waals surface area contributed by atoms with Crippen LogP contribution >= 0.6 is 7.82 Å². The highest BCUT2D eigenvalue weighted by atomic mass is 31.2. The van der Waals surface area contributed by atoms with Gasteiger partial charge in [-0.1, -0.05) is 394 Å². The molecule has 1 unspecified atom stereocenters. The van der Waals surface area contributed by atoms with E-state index in [4.69, 9.17) is 60.9 Å². The normalized spacial score (nSPS) is 19.7. The van der Waals surface area contributed by atoms with Gasteiger partial charge in [0.1, 0.15) is 60.9 Å². The minimum absolute atomic E-state index is 0.0245. The number of unbranched alkanes of at least 4 members (excludes halogenated alkanes) is 24. The Labute approximate surface area is 752 Å². The number of benzene rings is 7. The van der Waals surface area contributed by atoms with Crippen LogP contribution in [0.4, 0.5) is 0 Å². The highest BCUT2D eigenvalue weighted by Gasteiger charge is 2.54. The molecule has 2 aliphatic heterocycles. The van der Waals surface area contributed by atoms with E-state index in [0.29, 0.717) is 43.4 Å². The molecule has 0 bridgehead atoms. The molecule has 7 aromatic carbocycles. The molecule has 126 heavy (non-hydrogen) atoms. The van der Waals surface area contributed by atoms with Gasteiger partial charge in [-0.05, 0) is 64.6 Å². The van der Waals surface area contributed by atoms with Gasteiger partial charge < -0.3 is 68.2 Å². The van der Waals surface area contributed by atoms with E-state index >= 15 is 14.2 Å². The van der Waals surface area contributed by atoms with Gasteiger partial charge in [0.05, 0.1) is 91.6 Å². The molecule has 692 valence electrons. The number of carbonyl (C=O) groups is 3. The summed E-state index contributed by atoms with van der Waals surface area (Å²) in [7, 11) is -4.80. The highest BCUT2D eigenvalue weighted by Crippen LogP contribution is 2.54.